The molecule has 4 atom stereocenters. The Morgan fingerprint density at radius 2 is 1.51 bits per heavy atom. The molecule has 5 heterocycles. The predicted octanol–water partition coefficient (Wildman–Crippen LogP) is 8.52. The SMILES string of the molecule is Cc1c(-c2ccc(N3CCc4cccc(C(=O)Nc5nc6ccccc6s5)c4C3)nc2C(=O)O)cnn1CC12CC3(C)CC(C)(C1)CC(OCCN(CCCNC(=O)OCc1ccc(NC(=O)[C@H](CCCNC(N)=O)NC(=O)[C@@H](NC(=O)CCCCCN4C(=O)C=CC4=O)C(C)C)cc1)CCS(=O)(=O)O)(C3)C2. The summed E-state index contributed by atoms with van der Waals surface area (Å²) in [6, 6.07) is 20.7. The predicted molar refractivity (Wildman–Crippen MR) is 402 cm³/mol. The standard InChI is InChI=1S/C76H96N14O15S2/c1-48(2)64(85-61(91)19-7-6-10-32-89-62(92)26-27-63(89)93)68(96)82-58(17-12-29-78-70(77)99)67(95)81-52-22-20-50(21-23-52)40-104-72(100)79-30-13-31-87(35-37-107(101,102)103)34-36-105-76-44-73(4)41-74(5,45-76)43-75(42-73,46-76)47-90-49(3)55(38-80-90)53-24-25-60(84-65(53)69(97)98)88-33-28-51-14-11-15-54(56(51)39-88)66(94)86-71-83-57-16-8-9-18-59(57)106-71/h8-9,11,14-16,18,20-27,38,48,58,64H,6-7,10,12-13,17,19,28-37,39-47H2,1-5H3,(H,79,100)(H,81,95)(H,82,96)(H,85,91)(H,97,98)(H3,77,78,99)(H,83,86,94)(H,101,102,103)/t58-,64-,73?,74?,75?,76?/m0/s1. The van der Waals surface area contributed by atoms with Crippen molar-refractivity contribution in [2.24, 2.45) is 27.9 Å². The van der Waals surface area contributed by atoms with Crippen LogP contribution in [0.2, 0.25) is 0 Å². The molecule has 4 aliphatic carbocycles. The number of carboxylic acid groups (broad SMARTS) is 1. The number of unbranched alkanes of at least 4 members (excludes halogenated alkanes) is 2. The molecule has 4 bridgehead atoms. The maximum atomic E-state index is 13.8. The fraction of sp³-hybridized carbons (Fsp3) is 0.500. The number of nitrogens with one attached hydrogen (secondary N) is 6. The molecule has 4 fully saturated rings. The summed E-state index contributed by atoms with van der Waals surface area (Å²) in [4.78, 5) is 130. The Morgan fingerprint density at radius 3 is 2.22 bits per heavy atom. The number of amides is 9. The Bertz CT molecular complexity index is 4410. The lowest BCUT2D eigenvalue weighted by atomic mass is 9.39. The lowest BCUT2D eigenvalue weighted by Gasteiger charge is -2.69. The van der Waals surface area contributed by atoms with E-state index < -0.39 is 63.5 Å². The second kappa shape index (κ2) is 33.6. The first-order valence-corrected chi connectivity index (χ1v) is 39.0. The zero-order valence-electron chi connectivity index (χ0n) is 61.1. The summed E-state index contributed by atoms with van der Waals surface area (Å²) in [6.45, 7) is 13.1. The maximum Gasteiger partial charge on any atom is 0.407 e. The number of imide groups is 1. The number of carbonyl (C=O) groups is 9. The summed E-state index contributed by atoms with van der Waals surface area (Å²) in [5.41, 5.74) is 10.5. The van der Waals surface area contributed by atoms with Gasteiger partial charge in [-0.2, -0.15) is 13.5 Å². The average molecular weight is 1510 g/mol. The molecule has 6 aromatic rings. The van der Waals surface area contributed by atoms with Crippen molar-refractivity contribution in [1.29, 1.82) is 0 Å². The molecule has 9 amide bonds. The van der Waals surface area contributed by atoms with Gasteiger partial charge in [0.1, 0.15) is 24.5 Å². The van der Waals surface area contributed by atoms with Crippen LogP contribution in [0.5, 0.6) is 0 Å². The molecule has 4 saturated carbocycles. The summed E-state index contributed by atoms with van der Waals surface area (Å²) in [5.74, 6) is -4.11. The number of pyridine rings is 1. The number of aromatic nitrogens is 4. The van der Waals surface area contributed by atoms with Crippen LogP contribution in [0.1, 0.15) is 154 Å². The highest BCUT2D eigenvalue weighted by molar-refractivity contribution is 7.85. The van der Waals surface area contributed by atoms with Gasteiger partial charge >= 0.3 is 18.1 Å². The smallest absolute Gasteiger partial charge is 0.407 e. The van der Waals surface area contributed by atoms with Gasteiger partial charge < -0.3 is 51.8 Å². The highest BCUT2D eigenvalue weighted by Crippen LogP contribution is 2.72. The van der Waals surface area contributed by atoms with E-state index in [0.29, 0.717) is 104 Å². The molecule has 31 heteroatoms. The van der Waals surface area contributed by atoms with Crippen molar-refractivity contribution in [3.05, 3.63) is 131 Å². The van der Waals surface area contributed by atoms with E-state index in [2.05, 4.69) is 50.7 Å². The van der Waals surface area contributed by atoms with Gasteiger partial charge in [0.05, 0.1) is 34.4 Å². The van der Waals surface area contributed by atoms with Crippen LogP contribution >= 0.6 is 11.3 Å². The highest BCUT2D eigenvalue weighted by Gasteiger charge is 2.66. The second-order valence-corrected chi connectivity index (χ2v) is 33.0. The number of alkyl carbamates (subject to hydrolysis) is 1. The molecule has 2 aliphatic heterocycles. The van der Waals surface area contributed by atoms with E-state index in [9.17, 15) is 61.2 Å². The molecule has 0 spiro atoms. The van der Waals surface area contributed by atoms with Crippen molar-refractivity contribution in [3.8, 4) is 11.1 Å². The zero-order chi connectivity index (χ0) is 76.4. The van der Waals surface area contributed by atoms with Gasteiger partial charge in [0, 0.05) is 99.0 Å². The van der Waals surface area contributed by atoms with Gasteiger partial charge in [-0.1, -0.05) is 81.9 Å². The number of aromatic carboxylic acids is 1. The normalized spacial score (nSPS) is 20.6. The molecule has 6 aliphatic rings. The van der Waals surface area contributed by atoms with Crippen molar-refractivity contribution in [2.45, 2.75) is 162 Å². The van der Waals surface area contributed by atoms with Crippen molar-refractivity contribution in [3.63, 3.8) is 0 Å². The van der Waals surface area contributed by atoms with Crippen LogP contribution in [-0.4, -0.2) is 177 Å². The van der Waals surface area contributed by atoms with E-state index in [4.69, 9.17) is 25.3 Å². The van der Waals surface area contributed by atoms with Crippen molar-refractivity contribution >= 4 is 102 Å². The number of primary amides is 1. The quantitative estimate of drug-likeness (QED) is 0.0101. The molecule has 107 heavy (non-hydrogen) atoms. The molecular weight excluding hydrogens is 1410 g/mol. The minimum atomic E-state index is -4.31. The van der Waals surface area contributed by atoms with Gasteiger partial charge in [-0.05, 0) is 172 Å². The number of urea groups is 1. The highest BCUT2D eigenvalue weighted by atomic mass is 32.2. The molecule has 2 unspecified atom stereocenters. The Hall–Kier alpha value is -9.69. The minimum absolute atomic E-state index is 0.0272. The van der Waals surface area contributed by atoms with Crippen molar-refractivity contribution in [2.75, 3.05) is 73.7 Å². The first-order valence-electron chi connectivity index (χ1n) is 36.5. The number of fused-ring (bicyclic) bond motifs is 2. The van der Waals surface area contributed by atoms with Gasteiger partial charge in [-0.3, -0.25) is 53.1 Å². The van der Waals surface area contributed by atoms with Crippen LogP contribution in [0.3, 0.4) is 0 Å². The number of nitrogens with zero attached hydrogens (tertiary/aromatic N) is 7. The summed E-state index contributed by atoms with van der Waals surface area (Å²) in [6.07, 6.45) is 11.9. The van der Waals surface area contributed by atoms with Crippen LogP contribution in [0.15, 0.2) is 97.2 Å². The number of benzene rings is 3. The number of rotatable bonds is 36. The largest absolute Gasteiger partial charge is 0.476 e. The van der Waals surface area contributed by atoms with Crippen molar-refractivity contribution in [1.82, 2.24) is 50.8 Å². The van der Waals surface area contributed by atoms with Crippen molar-refractivity contribution < 1.29 is 70.7 Å². The lowest BCUT2D eigenvalue weighted by Crippen LogP contribution is -2.64. The maximum absolute atomic E-state index is 13.8. The van der Waals surface area contributed by atoms with Crippen LogP contribution in [-0.2, 0) is 69.7 Å². The molecule has 572 valence electrons. The Kier molecular flexibility index (Phi) is 24.6. The first kappa shape index (κ1) is 78.4. The van der Waals surface area contributed by atoms with Gasteiger partial charge in [-0.15, -0.1) is 0 Å². The summed E-state index contributed by atoms with van der Waals surface area (Å²) < 4.78 is 49.5. The second-order valence-electron chi connectivity index (χ2n) is 30.4. The molecule has 3 aromatic carbocycles. The summed E-state index contributed by atoms with van der Waals surface area (Å²) in [7, 11) is -4.31. The number of carbonyl (C=O) groups excluding carboxylic acids is 8. The van der Waals surface area contributed by atoms with E-state index >= 15 is 0 Å². The molecule has 29 nitrogen and oxygen atoms in total. The number of para-hydroxylation sites is 1. The monoisotopic (exact) mass is 1510 g/mol. The molecule has 3 aromatic heterocycles. The van der Waals surface area contributed by atoms with Crippen LogP contribution in [0.4, 0.5) is 26.2 Å². The third kappa shape index (κ3) is 20.1. The number of nitrogens with two attached hydrogens (primary N) is 1. The van der Waals surface area contributed by atoms with E-state index in [0.717, 1.165) is 70.5 Å². The molecule has 0 radical (unpaired) electrons. The molecular formula is C76H96N14O15S2. The third-order valence-corrected chi connectivity index (χ3v) is 22.7. The Labute approximate surface area is 625 Å². The Balaban J connectivity index is 0.649. The third-order valence-electron chi connectivity index (χ3n) is 21.0. The van der Waals surface area contributed by atoms with Gasteiger partial charge in [-0.25, -0.2) is 24.4 Å². The van der Waals surface area contributed by atoms with Gasteiger partial charge in [0.25, 0.3) is 27.8 Å². The van der Waals surface area contributed by atoms with Gasteiger partial charge in [0.15, 0.2) is 10.8 Å². The van der Waals surface area contributed by atoms with E-state index in [-0.39, 0.29) is 110 Å². The number of ether oxygens (including phenoxy) is 2. The average Bonchev–Trinajstić information content (AvgIpc) is 1.68. The zero-order valence-corrected chi connectivity index (χ0v) is 62.7. The number of anilines is 3. The fourth-order valence-corrected chi connectivity index (χ4v) is 18.6. The molecule has 12 rings (SSSR count). The summed E-state index contributed by atoms with van der Waals surface area (Å²) >= 11 is 1.41. The number of thiazole rings is 1. The topological polar surface area (TPSA) is 398 Å². The van der Waals surface area contributed by atoms with Gasteiger partial charge in [0.2, 0.25) is 17.7 Å². The number of carboxylic acids is 1. The van der Waals surface area contributed by atoms with E-state index in [1.54, 1.807) is 56.4 Å². The minimum Gasteiger partial charge on any atom is -0.476 e. The molecule has 10 N–H and O–H groups in total. The number of hydrogen-bond acceptors (Lipinski definition) is 19. The summed E-state index contributed by atoms with van der Waals surface area (Å²) in [5, 5.41) is 32.7. The van der Waals surface area contributed by atoms with E-state index in [1.165, 1.54) is 23.5 Å². The lowest BCUT2D eigenvalue weighted by molar-refractivity contribution is -0.248. The Morgan fingerprint density at radius 1 is 0.776 bits per heavy atom. The number of hydrogen-bond donors (Lipinski definition) is 9. The fourth-order valence-electron chi connectivity index (χ4n) is 17.2. The van der Waals surface area contributed by atoms with Crippen LogP contribution < -0.4 is 42.5 Å². The van der Waals surface area contributed by atoms with E-state index in [1.807, 2.05) is 63.9 Å². The molecule has 0 saturated heterocycles. The van der Waals surface area contributed by atoms with Crippen LogP contribution in [0, 0.1) is 29.1 Å². The van der Waals surface area contributed by atoms with Crippen LogP contribution in [0.25, 0.3) is 21.3 Å². The first-order chi connectivity index (χ1) is 50.9.